The van der Waals surface area contributed by atoms with Gasteiger partial charge in [0, 0.05) is 6.42 Å². The van der Waals surface area contributed by atoms with E-state index in [0.29, 0.717) is 6.42 Å². The van der Waals surface area contributed by atoms with Crippen molar-refractivity contribution in [3.63, 3.8) is 0 Å². The van der Waals surface area contributed by atoms with E-state index in [1.54, 1.807) is 6.42 Å². The lowest BCUT2D eigenvalue weighted by molar-refractivity contribution is -0.140. The first-order chi connectivity index (χ1) is 12.8. The molecule has 0 aromatic heterocycles. The predicted molar refractivity (Wildman–Crippen MR) is 112 cm³/mol. The fourth-order valence-corrected chi connectivity index (χ4v) is 4.22. The SMILES string of the molecule is CCCCCCCCC1CC1CCCCCCCCCCCC(=O)OC. The highest BCUT2D eigenvalue weighted by atomic mass is 16.5. The Balaban J connectivity index is 1.72. The van der Waals surface area contributed by atoms with Crippen molar-refractivity contribution in [3.8, 4) is 0 Å². The van der Waals surface area contributed by atoms with Gasteiger partial charge < -0.3 is 4.74 Å². The topological polar surface area (TPSA) is 26.3 Å². The summed E-state index contributed by atoms with van der Waals surface area (Å²) in [6.07, 6.45) is 25.8. The molecule has 0 radical (unpaired) electrons. The minimum Gasteiger partial charge on any atom is -0.469 e. The zero-order valence-electron chi connectivity index (χ0n) is 17.9. The quantitative estimate of drug-likeness (QED) is 0.172. The summed E-state index contributed by atoms with van der Waals surface area (Å²) in [4.78, 5) is 11.0. The van der Waals surface area contributed by atoms with Crippen LogP contribution in [0, 0.1) is 11.8 Å². The van der Waals surface area contributed by atoms with Crippen LogP contribution in [0.5, 0.6) is 0 Å². The third-order valence-corrected chi connectivity index (χ3v) is 6.18. The van der Waals surface area contributed by atoms with Gasteiger partial charge >= 0.3 is 5.97 Å². The Labute approximate surface area is 163 Å². The van der Waals surface area contributed by atoms with Crippen molar-refractivity contribution in [1.29, 1.82) is 0 Å². The van der Waals surface area contributed by atoms with Crippen molar-refractivity contribution in [2.75, 3.05) is 7.11 Å². The van der Waals surface area contributed by atoms with Crippen LogP contribution >= 0.6 is 0 Å². The van der Waals surface area contributed by atoms with Gasteiger partial charge in [-0.2, -0.15) is 0 Å². The van der Waals surface area contributed by atoms with Gasteiger partial charge in [-0.1, -0.05) is 110 Å². The minimum absolute atomic E-state index is 0.0603. The summed E-state index contributed by atoms with van der Waals surface area (Å²) < 4.78 is 4.66. The van der Waals surface area contributed by atoms with E-state index in [2.05, 4.69) is 11.7 Å². The van der Waals surface area contributed by atoms with Crippen molar-refractivity contribution in [1.82, 2.24) is 0 Å². The van der Waals surface area contributed by atoms with Gasteiger partial charge in [0.05, 0.1) is 7.11 Å². The Hall–Kier alpha value is -0.530. The van der Waals surface area contributed by atoms with E-state index < -0.39 is 0 Å². The second-order valence-electron chi connectivity index (χ2n) is 8.61. The summed E-state index contributed by atoms with van der Waals surface area (Å²) in [5.74, 6) is 2.14. The number of hydrogen-bond donors (Lipinski definition) is 0. The molecule has 1 aliphatic carbocycles. The van der Waals surface area contributed by atoms with Gasteiger partial charge in [-0.3, -0.25) is 4.79 Å². The fourth-order valence-electron chi connectivity index (χ4n) is 4.22. The van der Waals surface area contributed by atoms with E-state index in [0.717, 1.165) is 18.3 Å². The lowest BCUT2D eigenvalue weighted by Crippen LogP contribution is -1.99. The number of carbonyl (C=O) groups excluding carboxylic acids is 1. The highest BCUT2D eigenvalue weighted by molar-refractivity contribution is 5.68. The highest BCUT2D eigenvalue weighted by Gasteiger charge is 2.34. The van der Waals surface area contributed by atoms with Gasteiger partial charge in [-0.25, -0.2) is 0 Å². The van der Waals surface area contributed by atoms with Gasteiger partial charge in [0.2, 0.25) is 0 Å². The van der Waals surface area contributed by atoms with E-state index in [1.807, 2.05) is 0 Å². The molecule has 0 bridgehead atoms. The third-order valence-electron chi connectivity index (χ3n) is 6.18. The number of hydrogen-bond acceptors (Lipinski definition) is 2. The van der Waals surface area contributed by atoms with Gasteiger partial charge in [0.25, 0.3) is 0 Å². The number of esters is 1. The lowest BCUT2D eigenvalue weighted by atomic mass is 10.0. The van der Waals surface area contributed by atoms with Gasteiger partial charge in [-0.15, -0.1) is 0 Å². The van der Waals surface area contributed by atoms with Crippen LogP contribution in [-0.4, -0.2) is 13.1 Å². The van der Waals surface area contributed by atoms with Crippen LogP contribution in [0.2, 0.25) is 0 Å². The normalized spacial score (nSPS) is 18.8. The van der Waals surface area contributed by atoms with Crippen LogP contribution in [0.4, 0.5) is 0 Å². The van der Waals surface area contributed by atoms with Crippen molar-refractivity contribution in [2.24, 2.45) is 11.8 Å². The summed E-state index contributed by atoms with van der Waals surface area (Å²) in [6.45, 7) is 2.30. The molecular formula is C24H46O2. The molecule has 0 N–H and O–H groups in total. The van der Waals surface area contributed by atoms with E-state index in [4.69, 9.17) is 0 Å². The molecule has 0 saturated heterocycles. The number of methoxy groups -OCH3 is 1. The van der Waals surface area contributed by atoms with E-state index in [-0.39, 0.29) is 5.97 Å². The molecule has 26 heavy (non-hydrogen) atoms. The monoisotopic (exact) mass is 366 g/mol. The molecule has 0 amide bonds. The molecule has 2 heteroatoms. The Kier molecular flexibility index (Phi) is 15.0. The molecule has 1 aliphatic rings. The number of unbranched alkanes of at least 4 members (excludes halogenated alkanes) is 13. The van der Waals surface area contributed by atoms with Crippen molar-refractivity contribution in [2.45, 2.75) is 129 Å². The average Bonchev–Trinajstić information content (AvgIpc) is 3.40. The summed E-state index contributed by atoms with van der Waals surface area (Å²) in [6, 6.07) is 0. The second kappa shape index (κ2) is 16.6. The molecule has 0 aromatic rings. The third kappa shape index (κ3) is 13.6. The van der Waals surface area contributed by atoms with Crippen LogP contribution in [0.15, 0.2) is 0 Å². The molecule has 154 valence electrons. The molecule has 2 nitrogen and oxygen atoms in total. The molecule has 2 unspecified atom stereocenters. The summed E-state index contributed by atoms with van der Waals surface area (Å²) in [7, 11) is 1.47. The first kappa shape index (κ1) is 23.5. The maximum atomic E-state index is 11.0. The Morgan fingerprint density at radius 2 is 1.12 bits per heavy atom. The van der Waals surface area contributed by atoms with Crippen LogP contribution in [0.3, 0.4) is 0 Å². The maximum Gasteiger partial charge on any atom is 0.305 e. The first-order valence-corrected chi connectivity index (χ1v) is 11.8. The van der Waals surface area contributed by atoms with Crippen molar-refractivity contribution in [3.05, 3.63) is 0 Å². The standard InChI is InChI=1S/C24H46O2/c1-3-4-5-6-12-15-18-22-21-23(22)19-16-13-10-8-7-9-11-14-17-20-24(25)26-2/h22-23H,3-21H2,1-2H3. The zero-order chi connectivity index (χ0) is 18.9. The number of carbonyl (C=O) groups is 1. The Morgan fingerprint density at radius 1 is 0.692 bits per heavy atom. The number of ether oxygens (including phenoxy) is 1. The minimum atomic E-state index is -0.0603. The molecule has 0 aliphatic heterocycles. The number of rotatable bonds is 19. The molecule has 1 rings (SSSR count). The Morgan fingerprint density at radius 3 is 1.58 bits per heavy atom. The van der Waals surface area contributed by atoms with Crippen molar-refractivity contribution >= 4 is 5.97 Å². The van der Waals surface area contributed by atoms with E-state index in [9.17, 15) is 4.79 Å². The average molecular weight is 367 g/mol. The molecule has 1 saturated carbocycles. The molecular weight excluding hydrogens is 320 g/mol. The van der Waals surface area contributed by atoms with Crippen LogP contribution in [0.1, 0.15) is 129 Å². The summed E-state index contributed by atoms with van der Waals surface area (Å²) >= 11 is 0. The van der Waals surface area contributed by atoms with Gasteiger partial charge in [0.15, 0.2) is 0 Å². The molecule has 0 spiro atoms. The summed E-state index contributed by atoms with van der Waals surface area (Å²) in [5.41, 5.74) is 0. The van der Waals surface area contributed by atoms with Crippen LogP contribution < -0.4 is 0 Å². The summed E-state index contributed by atoms with van der Waals surface area (Å²) in [5, 5.41) is 0. The first-order valence-electron chi connectivity index (χ1n) is 11.8. The molecule has 1 fully saturated rings. The predicted octanol–water partition coefficient (Wildman–Crippen LogP) is 7.84. The van der Waals surface area contributed by atoms with Gasteiger partial charge in [0.1, 0.15) is 0 Å². The smallest absolute Gasteiger partial charge is 0.305 e. The van der Waals surface area contributed by atoms with Crippen LogP contribution in [-0.2, 0) is 9.53 Å². The van der Waals surface area contributed by atoms with Crippen LogP contribution in [0.25, 0.3) is 0 Å². The van der Waals surface area contributed by atoms with E-state index >= 15 is 0 Å². The van der Waals surface area contributed by atoms with Crippen molar-refractivity contribution < 1.29 is 9.53 Å². The Bertz CT molecular complexity index is 326. The fraction of sp³-hybridized carbons (Fsp3) is 0.958. The lowest BCUT2D eigenvalue weighted by Gasteiger charge is -2.03. The molecule has 0 aromatic carbocycles. The molecule has 2 atom stereocenters. The largest absolute Gasteiger partial charge is 0.469 e. The molecule has 0 heterocycles. The van der Waals surface area contributed by atoms with E-state index in [1.165, 1.54) is 110 Å². The van der Waals surface area contributed by atoms with Gasteiger partial charge in [-0.05, 0) is 24.7 Å². The second-order valence-corrected chi connectivity index (χ2v) is 8.61. The maximum absolute atomic E-state index is 11.0. The highest BCUT2D eigenvalue weighted by Crippen LogP contribution is 2.45. The zero-order valence-corrected chi connectivity index (χ0v) is 17.9.